The van der Waals surface area contributed by atoms with Gasteiger partial charge in [0.05, 0.1) is 6.61 Å². The molecular weight excluding hydrogens is 230 g/mol. The van der Waals surface area contributed by atoms with E-state index >= 15 is 0 Å². The van der Waals surface area contributed by atoms with Crippen molar-refractivity contribution in [3.8, 4) is 17.6 Å². The molecule has 94 valence electrons. The van der Waals surface area contributed by atoms with Crippen LogP contribution in [0, 0.1) is 6.92 Å². The molecule has 2 rings (SSSR count). The molecule has 0 aliphatic heterocycles. The largest absolute Gasteiger partial charge is 0.478 e. The standard InChI is InChI=1S/C13H15N3O2/c1-3-17-12-7-9(2)15-13(16-12)18-11-6-4-5-10(14)8-11/h4-8H,3,14H2,1-2H3. The highest BCUT2D eigenvalue weighted by molar-refractivity contribution is 5.44. The molecule has 0 radical (unpaired) electrons. The summed E-state index contributed by atoms with van der Waals surface area (Å²) >= 11 is 0. The fourth-order valence-corrected chi connectivity index (χ4v) is 1.46. The normalized spacial score (nSPS) is 10.1. The van der Waals surface area contributed by atoms with E-state index in [-0.39, 0.29) is 6.01 Å². The molecule has 1 aromatic heterocycles. The van der Waals surface area contributed by atoms with Gasteiger partial charge in [0, 0.05) is 23.5 Å². The second-order valence-corrected chi connectivity index (χ2v) is 3.74. The predicted octanol–water partition coefficient (Wildman–Crippen LogP) is 2.56. The van der Waals surface area contributed by atoms with E-state index in [0.29, 0.717) is 23.9 Å². The van der Waals surface area contributed by atoms with Crippen LogP contribution < -0.4 is 15.2 Å². The van der Waals surface area contributed by atoms with Crippen LogP contribution >= 0.6 is 0 Å². The monoisotopic (exact) mass is 245 g/mol. The lowest BCUT2D eigenvalue weighted by molar-refractivity contribution is 0.317. The molecule has 18 heavy (non-hydrogen) atoms. The van der Waals surface area contributed by atoms with Gasteiger partial charge in [-0.25, -0.2) is 0 Å². The van der Waals surface area contributed by atoms with E-state index in [1.807, 2.05) is 19.9 Å². The topological polar surface area (TPSA) is 70.3 Å². The number of ether oxygens (including phenoxy) is 2. The molecule has 2 N–H and O–H groups in total. The molecule has 0 aliphatic rings. The molecule has 0 spiro atoms. The van der Waals surface area contributed by atoms with Gasteiger partial charge in [0.1, 0.15) is 5.75 Å². The van der Waals surface area contributed by atoms with Crippen molar-refractivity contribution in [1.29, 1.82) is 0 Å². The first-order valence-corrected chi connectivity index (χ1v) is 5.69. The summed E-state index contributed by atoms with van der Waals surface area (Å²) in [7, 11) is 0. The van der Waals surface area contributed by atoms with Crippen LogP contribution in [0.2, 0.25) is 0 Å². The second-order valence-electron chi connectivity index (χ2n) is 3.74. The Morgan fingerprint density at radius 3 is 2.78 bits per heavy atom. The average molecular weight is 245 g/mol. The third kappa shape index (κ3) is 3.10. The van der Waals surface area contributed by atoms with Crippen molar-refractivity contribution in [3.63, 3.8) is 0 Å². The Hall–Kier alpha value is -2.30. The summed E-state index contributed by atoms with van der Waals surface area (Å²) in [6.45, 7) is 4.31. The van der Waals surface area contributed by atoms with Crippen molar-refractivity contribution < 1.29 is 9.47 Å². The number of aromatic nitrogens is 2. The van der Waals surface area contributed by atoms with Crippen LogP contribution in [0.15, 0.2) is 30.3 Å². The Labute approximate surface area is 106 Å². The molecule has 0 atom stereocenters. The van der Waals surface area contributed by atoms with Gasteiger partial charge in [-0.15, -0.1) is 0 Å². The van der Waals surface area contributed by atoms with Crippen molar-refractivity contribution in [1.82, 2.24) is 9.97 Å². The summed E-state index contributed by atoms with van der Waals surface area (Å²) in [5.74, 6) is 1.10. The molecule has 0 unspecified atom stereocenters. The van der Waals surface area contributed by atoms with Gasteiger partial charge < -0.3 is 15.2 Å². The van der Waals surface area contributed by atoms with Crippen LogP contribution in [0.5, 0.6) is 17.6 Å². The van der Waals surface area contributed by atoms with Crippen LogP contribution in [0.1, 0.15) is 12.6 Å². The average Bonchev–Trinajstić information content (AvgIpc) is 2.28. The number of benzene rings is 1. The van der Waals surface area contributed by atoms with E-state index in [0.717, 1.165) is 5.69 Å². The van der Waals surface area contributed by atoms with Crippen molar-refractivity contribution in [3.05, 3.63) is 36.0 Å². The fraction of sp³-hybridized carbons (Fsp3) is 0.231. The summed E-state index contributed by atoms with van der Waals surface area (Å²) < 4.78 is 10.9. The molecule has 0 bridgehead atoms. The number of nitrogens with zero attached hydrogens (tertiary/aromatic N) is 2. The van der Waals surface area contributed by atoms with E-state index in [1.54, 1.807) is 24.3 Å². The molecule has 1 heterocycles. The van der Waals surface area contributed by atoms with Crippen molar-refractivity contribution >= 4 is 5.69 Å². The summed E-state index contributed by atoms with van der Waals surface area (Å²) in [4.78, 5) is 8.34. The first-order chi connectivity index (χ1) is 8.67. The molecule has 0 saturated carbocycles. The van der Waals surface area contributed by atoms with Crippen molar-refractivity contribution in [2.45, 2.75) is 13.8 Å². The minimum absolute atomic E-state index is 0.254. The highest BCUT2D eigenvalue weighted by Gasteiger charge is 2.05. The zero-order chi connectivity index (χ0) is 13.0. The SMILES string of the molecule is CCOc1cc(C)nc(Oc2cccc(N)c2)n1. The minimum atomic E-state index is 0.254. The maximum atomic E-state index is 5.67. The highest BCUT2D eigenvalue weighted by atomic mass is 16.5. The smallest absolute Gasteiger partial charge is 0.325 e. The van der Waals surface area contributed by atoms with Crippen molar-refractivity contribution in [2.75, 3.05) is 12.3 Å². The van der Waals surface area contributed by atoms with Gasteiger partial charge in [-0.2, -0.15) is 9.97 Å². The van der Waals surface area contributed by atoms with E-state index in [1.165, 1.54) is 0 Å². The lowest BCUT2D eigenvalue weighted by atomic mass is 10.3. The molecule has 1 aromatic carbocycles. The minimum Gasteiger partial charge on any atom is -0.478 e. The lowest BCUT2D eigenvalue weighted by Crippen LogP contribution is -1.99. The molecule has 5 nitrogen and oxygen atoms in total. The van der Waals surface area contributed by atoms with Gasteiger partial charge in [-0.05, 0) is 26.0 Å². The number of hydrogen-bond donors (Lipinski definition) is 1. The lowest BCUT2D eigenvalue weighted by Gasteiger charge is -2.07. The Kier molecular flexibility index (Phi) is 3.62. The maximum Gasteiger partial charge on any atom is 0.325 e. The van der Waals surface area contributed by atoms with Crippen LogP contribution in [-0.4, -0.2) is 16.6 Å². The number of hydrogen-bond acceptors (Lipinski definition) is 5. The van der Waals surface area contributed by atoms with Gasteiger partial charge in [0.15, 0.2) is 0 Å². The molecule has 5 heteroatoms. The zero-order valence-corrected chi connectivity index (χ0v) is 10.4. The maximum absolute atomic E-state index is 5.67. The Morgan fingerprint density at radius 1 is 1.22 bits per heavy atom. The first-order valence-electron chi connectivity index (χ1n) is 5.69. The van der Waals surface area contributed by atoms with Gasteiger partial charge in [0.2, 0.25) is 5.88 Å². The molecule has 0 aliphatic carbocycles. The number of nitrogen functional groups attached to an aromatic ring is 1. The van der Waals surface area contributed by atoms with E-state index in [2.05, 4.69) is 9.97 Å². The molecular formula is C13H15N3O2. The number of aryl methyl sites for hydroxylation is 1. The second kappa shape index (κ2) is 5.35. The van der Waals surface area contributed by atoms with E-state index in [4.69, 9.17) is 15.2 Å². The Bertz CT molecular complexity index is 544. The third-order valence-electron chi connectivity index (χ3n) is 2.17. The third-order valence-corrected chi connectivity index (χ3v) is 2.17. The Morgan fingerprint density at radius 2 is 2.06 bits per heavy atom. The van der Waals surface area contributed by atoms with Gasteiger partial charge in [-0.1, -0.05) is 6.07 Å². The van der Waals surface area contributed by atoms with Gasteiger partial charge in [0.25, 0.3) is 0 Å². The summed E-state index contributed by atoms with van der Waals surface area (Å²) in [6.07, 6.45) is 0. The molecule has 0 saturated heterocycles. The Balaban J connectivity index is 2.23. The number of anilines is 1. The predicted molar refractivity (Wildman–Crippen MR) is 68.9 cm³/mol. The zero-order valence-electron chi connectivity index (χ0n) is 10.4. The quantitative estimate of drug-likeness (QED) is 0.838. The van der Waals surface area contributed by atoms with E-state index < -0.39 is 0 Å². The first kappa shape index (κ1) is 12.2. The summed E-state index contributed by atoms with van der Waals surface area (Å²) in [5, 5.41) is 0. The highest BCUT2D eigenvalue weighted by Crippen LogP contribution is 2.22. The van der Waals surface area contributed by atoms with Crippen molar-refractivity contribution in [2.24, 2.45) is 0 Å². The van der Waals surface area contributed by atoms with Crippen LogP contribution in [0.3, 0.4) is 0 Å². The summed E-state index contributed by atoms with van der Waals surface area (Å²) in [6, 6.07) is 9.12. The van der Waals surface area contributed by atoms with E-state index in [9.17, 15) is 0 Å². The summed E-state index contributed by atoms with van der Waals surface area (Å²) in [5.41, 5.74) is 7.09. The fourth-order valence-electron chi connectivity index (χ4n) is 1.46. The molecule has 2 aromatic rings. The van der Waals surface area contributed by atoms with Crippen LogP contribution in [0.25, 0.3) is 0 Å². The number of rotatable bonds is 4. The molecule has 0 fully saturated rings. The molecule has 0 amide bonds. The van der Waals surface area contributed by atoms with Crippen LogP contribution in [0.4, 0.5) is 5.69 Å². The van der Waals surface area contributed by atoms with Gasteiger partial charge in [-0.3, -0.25) is 0 Å². The van der Waals surface area contributed by atoms with Gasteiger partial charge >= 0.3 is 6.01 Å². The number of nitrogens with two attached hydrogens (primary N) is 1. The van der Waals surface area contributed by atoms with Crippen LogP contribution in [-0.2, 0) is 0 Å².